The normalized spacial score (nSPS) is 30.9. The van der Waals surface area contributed by atoms with Crippen LogP contribution in [0.15, 0.2) is 24.3 Å². The second-order valence-electron chi connectivity index (χ2n) is 7.11. The average Bonchev–Trinajstić information content (AvgIpc) is 3.34. The number of nitrogens with zero attached hydrogens (tertiary/aromatic N) is 1. The predicted octanol–water partition coefficient (Wildman–Crippen LogP) is 3.11. The zero-order valence-corrected chi connectivity index (χ0v) is 13.7. The molecule has 3 rings (SSSR count). The van der Waals surface area contributed by atoms with Crippen LogP contribution < -0.4 is 0 Å². The van der Waals surface area contributed by atoms with Crippen molar-refractivity contribution in [3.05, 3.63) is 35.4 Å². The highest BCUT2D eigenvalue weighted by atomic mass is 16.3. The van der Waals surface area contributed by atoms with Crippen LogP contribution in [-0.4, -0.2) is 35.6 Å². The molecule has 0 aromatic heterocycles. The molecule has 3 nitrogen and oxygen atoms in total. The summed E-state index contributed by atoms with van der Waals surface area (Å²) in [7, 11) is 1.97. The summed E-state index contributed by atoms with van der Waals surface area (Å²) in [5.74, 6) is 1.37. The maximum Gasteiger partial charge on any atom is 0.226 e. The SMILES string of the molecule is Cc1ccccc1C1CC1C(=O)N(C)C1CCC(CO)CC1. The van der Waals surface area contributed by atoms with Crippen molar-refractivity contribution in [2.75, 3.05) is 13.7 Å². The molecule has 1 amide bonds. The van der Waals surface area contributed by atoms with Crippen molar-refractivity contribution in [1.29, 1.82) is 0 Å². The lowest BCUT2D eigenvalue weighted by molar-refractivity contribution is -0.134. The van der Waals surface area contributed by atoms with Crippen molar-refractivity contribution >= 4 is 5.91 Å². The number of aliphatic hydroxyl groups excluding tert-OH is 1. The van der Waals surface area contributed by atoms with E-state index in [4.69, 9.17) is 0 Å². The van der Waals surface area contributed by atoms with Gasteiger partial charge in [-0.2, -0.15) is 0 Å². The molecule has 1 aromatic rings. The Kier molecular flexibility index (Phi) is 4.53. The minimum absolute atomic E-state index is 0.182. The molecule has 2 unspecified atom stereocenters. The van der Waals surface area contributed by atoms with Gasteiger partial charge in [-0.05, 0) is 62.0 Å². The molecule has 0 spiro atoms. The zero-order chi connectivity index (χ0) is 15.7. The van der Waals surface area contributed by atoms with Gasteiger partial charge in [-0.15, -0.1) is 0 Å². The molecular weight excluding hydrogens is 274 g/mol. The lowest BCUT2D eigenvalue weighted by Crippen LogP contribution is -2.40. The maximum atomic E-state index is 12.7. The summed E-state index contributed by atoms with van der Waals surface area (Å²) in [6, 6.07) is 8.80. The Morgan fingerprint density at radius 3 is 2.55 bits per heavy atom. The number of aryl methyl sites for hydroxylation is 1. The molecule has 1 N–H and O–H groups in total. The molecule has 0 aliphatic heterocycles. The monoisotopic (exact) mass is 301 g/mol. The van der Waals surface area contributed by atoms with Crippen molar-refractivity contribution in [2.24, 2.45) is 11.8 Å². The van der Waals surface area contributed by atoms with Gasteiger partial charge < -0.3 is 10.0 Å². The molecule has 2 atom stereocenters. The molecule has 0 bridgehead atoms. The first-order valence-corrected chi connectivity index (χ1v) is 8.55. The van der Waals surface area contributed by atoms with Crippen molar-refractivity contribution < 1.29 is 9.90 Å². The summed E-state index contributed by atoms with van der Waals surface area (Å²) in [6.45, 7) is 2.43. The van der Waals surface area contributed by atoms with Gasteiger partial charge in [0.25, 0.3) is 0 Å². The van der Waals surface area contributed by atoms with Gasteiger partial charge in [0.2, 0.25) is 5.91 Å². The third-order valence-corrected chi connectivity index (χ3v) is 5.67. The van der Waals surface area contributed by atoms with Crippen LogP contribution in [0.4, 0.5) is 0 Å². The average molecular weight is 301 g/mol. The number of aliphatic hydroxyl groups is 1. The highest BCUT2D eigenvalue weighted by Crippen LogP contribution is 2.49. The number of hydrogen-bond donors (Lipinski definition) is 1. The van der Waals surface area contributed by atoms with Crippen molar-refractivity contribution in [3.8, 4) is 0 Å². The highest BCUT2D eigenvalue weighted by Gasteiger charge is 2.46. The standard InChI is InChI=1S/C19H27NO2/c1-13-5-3-4-6-16(13)17-11-18(17)19(22)20(2)15-9-7-14(12-21)8-10-15/h3-6,14-15,17-18,21H,7-12H2,1-2H3. The predicted molar refractivity (Wildman–Crippen MR) is 87.6 cm³/mol. The number of rotatable bonds is 4. The Labute approximate surface area is 133 Å². The van der Waals surface area contributed by atoms with Crippen LogP contribution in [-0.2, 0) is 4.79 Å². The molecule has 0 heterocycles. The first kappa shape index (κ1) is 15.5. The van der Waals surface area contributed by atoms with Crippen LogP contribution in [0.5, 0.6) is 0 Å². The minimum atomic E-state index is 0.182. The number of hydrogen-bond acceptors (Lipinski definition) is 2. The molecule has 0 saturated heterocycles. The largest absolute Gasteiger partial charge is 0.396 e. The Balaban J connectivity index is 1.58. The second kappa shape index (κ2) is 6.41. The van der Waals surface area contributed by atoms with Crippen LogP contribution in [0.25, 0.3) is 0 Å². The summed E-state index contributed by atoms with van der Waals surface area (Å²) in [5, 5.41) is 9.23. The molecule has 2 aliphatic carbocycles. The molecule has 120 valence electrons. The van der Waals surface area contributed by atoms with Gasteiger partial charge in [0.15, 0.2) is 0 Å². The van der Waals surface area contributed by atoms with E-state index in [9.17, 15) is 9.90 Å². The molecule has 0 radical (unpaired) electrons. The molecule has 2 aliphatic rings. The van der Waals surface area contributed by atoms with Gasteiger partial charge in [0.05, 0.1) is 0 Å². The quantitative estimate of drug-likeness (QED) is 0.928. The minimum Gasteiger partial charge on any atom is -0.396 e. The van der Waals surface area contributed by atoms with E-state index in [0.717, 1.165) is 32.1 Å². The topological polar surface area (TPSA) is 40.5 Å². The number of benzene rings is 1. The van der Waals surface area contributed by atoms with E-state index in [2.05, 4.69) is 31.2 Å². The van der Waals surface area contributed by atoms with Gasteiger partial charge >= 0.3 is 0 Å². The third kappa shape index (κ3) is 3.05. The summed E-state index contributed by atoms with van der Waals surface area (Å²) >= 11 is 0. The van der Waals surface area contributed by atoms with Gasteiger partial charge in [-0.25, -0.2) is 0 Å². The van der Waals surface area contributed by atoms with Crippen LogP contribution in [0, 0.1) is 18.8 Å². The van der Waals surface area contributed by atoms with E-state index in [1.807, 2.05) is 11.9 Å². The summed E-state index contributed by atoms with van der Waals surface area (Å²) < 4.78 is 0. The maximum absolute atomic E-state index is 12.7. The van der Waals surface area contributed by atoms with E-state index < -0.39 is 0 Å². The molecule has 22 heavy (non-hydrogen) atoms. The molecule has 2 saturated carbocycles. The summed E-state index contributed by atoms with van der Waals surface area (Å²) in [4.78, 5) is 14.7. The number of carbonyl (C=O) groups is 1. The molecule has 1 aromatic carbocycles. The fraction of sp³-hybridized carbons (Fsp3) is 0.632. The lowest BCUT2D eigenvalue weighted by atomic mass is 9.86. The van der Waals surface area contributed by atoms with Crippen molar-refractivity contribution in [1.82, 2.24) is 4.90 Å². The van der Waals surface area contributed by atoms with Crippen LogP contribution >= 0.6 is 0 Å². The Morgan fingerprint density at radius 1 is 1.23 bits per heavy atom. The first-order chi connectivity index (χ1) is 10.6. The summed E-state index contributed by atoms with van der Waals surface area (Å²) in [5.41, 5.74) is 2.65. The highest BCUT2D eigenvalue weighted by molar-refractivity contribution is 5.83. The number of carbonyl (C=O) groups excluding carboxylic acids is 1. The van der Waals surface area contributed by atoms with Crippen molar-refractivity contribution in [3.63, 3.8) is 0 Å². The zero-order valence-electron chi connectivity index (χ0n) is 13.7. The van der Waals surface area contributed by atoms with Gasteiger partial charge in [0, 0.05) is 25.6 Å². The molecule has 3 heteroatoms. The van der Waals surface area contributed by atoms with Crippen LogP contribution in [0.1, 0.15) is 49.1 Å². The fourth-order valence-electron chi connectivity index (χ4n) is 3.97. The Hall–Kier alpha value is -1.35. The van der Waals surface area contributed by atoms with Crippen molar-refractivity contribution in [2.45, 2.75) is 51.0 Å². The van der Waals surface area contributed by atoms with Crippen LogP contribution in [0.2, 0.25) is 0 Å². The number of amides is 1. The molecule has 2 fully saturated rings. The lowest BCUT2D eigenvalue weighted by Gasteiger charge is -2.34. The van der Waals surface area contributed by atoms with Crippen LogP contribution in [0.3, 0.4) is 0 Å². The van der Waals surface area contributed by atoms with E-state index in [1.54, 1.807) is 0 Å². The fourth-order valence-corrected chi connectivity index (χ4v) is 3.97. The van der Waals surface area contributed by atoms with Gasteiger partial charge in [0.1, 0.15) is 0 Å². The van der Waals surface area contributed by atoms with Gasteiger partial charge in [-0.3, -0.25) is 4.79 Å². The smallest absolute Gasteiger partial charge is 0.226 e. The second-order valence-corrected chi connectivity index (χ2v) is 7.11. The van der Waals surface area contributed by atoms with E-state index >= 15 is 0 Å². The Morgan fingerprint density at radius 2 is 1.91 bits per heavy atom. The first-order valence-electron chi connectivity index (χ1n) is 8.55. The van der Waals surface area contributed by atoms with E-state index in [0.29, 0.717) is 30.4 Å². The van der Waals surface area contributed by atoms with E-state index in [-0.39, 0.29) is 5.92 Å². The van der Waals surface area contributed by atoms with Gasteiger partial charge in [-0.1, -0.05) is 24.3 Å². The summed E-state index contributed by atoms with van der Waals surface area (Å²) in [6.07, 6.45) is 5.17. The van der Waals surface area contributed by atoms with E-state index in [1.165, 1.54) is 11.1 Å². The third-order valence-electron chi connectivity index (χ3n) is 5.67. The molecular formula is C19H27NO2. The Bertz CT molecular complexity index is 534.